The smallest absolute Gasteiger partial charge is 0.259 e. The number of pyridine rings is 1. The predicted molar refractivity (Wildman–Crippen MR) is 111 cm³/mol. The topological polar surface area (TPSA) is 90.3 Å². The van der Waals surface area contributed by atoms with Gasteiger partial charge in [-0.05, 0) is 36.1 Å². The summed E-state index contributed by atoms with van der Waals surface area (Å²) in [5, 5.41) is 11.7. The molecule has 3 aromatic rings. The second-order valence-electron chi connectivity index (χ2n) is 6.73. The zero-order valence-electron chi connectivity index (χ0n) is 16.0. The van der Waals surface area contributed by atoms with Gasteiger partial charge in [0.2, 0.25) is 5.88 Å². The first-order valence-electron chi connectivity index (χ1n) is 9.01. The van der Waals surface area contributed by atoms with E-state index in [-0.39, 0.29) is 17.0 Å². The minimum Gasteiger partial charge on any atom is -0.497 e. The highest BCUT2D eigenvalue weighted by atomic mass is 32.1. The fourth-order valence-corrected chi connectivity index (χ4v) is 4.26. The minimum absolute atomic E-state index is 0.0237. The van der Waals surface area contributed by atoms with Crippen molar-refractivity contribution in [2.45, 2.75) is 19.4 Å². The fraction of sp³-hybridized carbons (Fsp3) is 0.182. The van der Waals surface area contributed by atoms with Crippen LogP contribution >= 0.6 is 11.3 Å². The Morgan fingerprint density at radius 3 is 2.69 bits per heavy atom. The molecule has 1 aliphatic heterocycles. The average Bonchev–Trinajstić information content (AvgIpc) is 3.23. The summed E-state index contributed by atoms with van der Waals surface area (Å²) in [6.07, 6.45) is 0. The summed E-state index contributed by atoms with van der Waals surface area (Å²) in [5.41, 5.74) is 8.04. The molecule has 0 saturated heterocycles. The van der Waals surface area contributed by atoms with E-state index in [9.17, 15) is 10.1 Å². The van der Waals surface area contributed by atoms with E-state index in [0.29, 0.717) is 23.6 Å². The lowest BCUT2D eigenvalue weighted by molar-refractivity contribution is 0.389. The van der Waals surface area contributed by atoms with Crippen LogP contribution in [-0.4, -0.2) is 11.7 Å². The number of nitriles is 1. The number of nitrogens with zero attached hydrogens (tertiary/aromatic N) is 2. The lowest BCUT2D eigenvalue weighted by Crippen LogP contribution is -2.32. The van der Waals surface area contributed by atoms with Crippen LogP contribution in [0.1, 0.15) is 27.6 Å². The number of nitrogens with two attached hydrogens (primary N) is 1. The minimum atomic E-state index is -0.600. The highest BCUT2D eigenvalue weighted by molar-refractivity contribution is 7.09. The molecule has 0 aliphatic carbocycles. The molecule has 0 amide bonds. The van der Waals surface area contributed by atoms with Gasteiger partial charge in [0, 0.05) is 16.6 Å². The van der Waals surface area contributed by atoms with Gasteiger partial charge in [0.1, 0.15) is 23.1 Å². The Morgan fingerprint density at radius 1 is 1.31 bits per heavy atom. The summed E-state index contributed by atoms with van der Waals surface area (Å²) >= 11 is 1.59. The van der Waals surface area contributed by atoms with Crippen LogP contribution in [0, 0.1) is 18.3 Å². The van der Waals surface area contributed by atoms with Gasteiger partial charge in [0.25, 0.3) is 5.56 Å². The van der Waals surface area contributed by atoms with Crippen LogP contribution in [0.5, 0.6) is 11.5 Å². The molecule has 146 valence electrons. The molecule has 3 heterocycles. The Labute approximate surface area is 172 Å². The first-order valence-corrected chi connectivity index (χ1v) is 9.89. The van der Waals surface area contributed by atoms with Gasteiger partial charge in [-0.2, -0.15) is 5.26 Å². The summed E-state index contributed by atoms with van der Waals surface area (Å²) < 4.78 is 12.6. The van der Waals surface area contributed by atoms with Crippen molar-refractivity contribution in [2.24, 2.45) is 5.73 Å². The zero-order chi connectivity index (χ0) is 20.5. The number of hydrogen-bond donors (Lipinski definition) is 1. The van der Waals surface area contributed by atoms with E-state index >= 15 is 0 Å². The molecule has 2 aromatic heterocycles. The molecule has 1 aliphatic rings. The number of rotatable bonds is 4. The summed E-state index contributed by atoms with van der Waals surface area (Å²) in [4.78, 5) is 14.6. The summed E-state index contributed by atoms with van der Waals surface area (Å²) in [7, 11) is 1.59. The molecular formula is C22H19N3O3S. The molecule has 0 spiro atoms. The normalized spacial score (nSPS) is 15.4. The van der Waals surface area contributed by atoms with Crippen molar-refractivity contribution < 1.29 is 9.47 Å². The first kappa shape index (κ1) is 18.8. The van der Waals surface area contributed by atoms with Crippen LogP contribution in [0.25, 0.3) is 0 Å². The zero-order valence-corrected chi connectivity index (χ0v) is 16.8. The van der Waals surface area contributed by atoms with Crippen molar-refractivity contribution in [3.05, 3.63) is 91.4 Å². The van der Waals surface area contributed by atoms with Gasteiger partial charge in [-0.3, -0.25) is 4.79 Å². The SMILES string of the molecule is COc1ccc([C@@H]2C(C#N)=C(N)Oc3cc(C)n(Cc4cccs4)c(=O)c32)cc1. The van der Waals surface area contributed by atoms with Crippen LogP contribution < -0.4 is 20.8 Å². The number of aryl methyl sites for hydroxylation is 1. The van der Waals surface area contributed by atoms with Crippen LogP contribution in [0.3, 0.4) is 0 Å². The molecular weight excluding hydrogens is 386 g/mol. The highest BCUT2D eigenvalue weighted by Crippen LogP contribution is 2.40. The fourth-order valence-electron chi connectivity index (χ4n) is 3.57. The highest BCUT2D eigenvalue weighted by Gasteiger charge is 2.34. The van der Waals surface area contributed by atoms with Crippen molar-refractivity contribution in [2.75, 3.05) is 7.11 Å². The van der Waals surface area contributed by atoms with Crippen molar-refractivity contribution in [1.82, 2.24) is 4.57 Å². The monoisotopic (exact) mass is 405 g/mol. The van der Waals surface area contributed by atoms with E-state index in [4.69, 9.17) is 15.2 Å². The van der Waals surface area contributed by atoms with E-state index in [2.05, 4.69) is 6.07 Å². The Morgan fingerprint density at radius 2 is 2.07 bits per heavy atom. The van der Waals surface area contributed by atoms with Gasteiger partial charge in [-0.15, -0.1) is 11.3 Å². The molecule has 0 fully saturated rings. The number of methoxy groups -OCH3 is 1. The number of benzene rings is 1. The molecule has 7 heteroatoms. The third-order valence-corrected chi connectivity index (χ3v) is 5.89. The van der Waals surface area contributed by atoms with Gasteiger partial charge in [0.15, 0.2) is 0 Å². The Balaban J connectivity index is 1.92. The Kier molecular flexibility index (Phi) is 4.87. The van der Waals surface area contributed by atoms with Crippen LogP contribution in [0.2, 0.25) is 0 Å². The number of ether oxygens (including phenoxy) is 2. The van der Waals surface area contributed by atoms with E-state index in [1.54, 1.807) is 35.1 Å². The average molecular weight is 405 g/mol. The van der Waals surface area contributed by atoms with E-state index in [1.165, 1.54) is 0 Å². The van der Waals surface area contributed by atoms with Gasteiger partial charge >= 0.3 is 0 Å². The number of aromatic nitrogens is 1. The van der Waals surface area contributed by atoms with Crippen molar-refractivity contribution in [1.29, 1.82) is 5.26 Å². The van der Waals surface area contributed by atoms with E-state index in [0.717, 1.165) is 16.1 Å². The second kappa shape index (κ2) is 7.49. The second-order valence-corrected chi connectivity index (χ2v) is 7.76. The van der Waals surface area contributed by atoms with Crippen LogP contribution in [0.15, 0.2) is 64.1 Å². The maximum Gasteiger partial charge on any atom is 0.259 e. The molecule has 29 heavy (non-hydrogen) atoms. The third-order valence-electron chi connectivity index (χ3n) is 5.03. The Bertz CT molecular complexity index is 1190. The van der Waals surface area contributed by atoms with Crippen LogP contribution in [0.4, 0.5) is 0 Å². The number of allylic oxidation sites excluding steroid dienone is 1. The number of fused-ring (bicyclic) bond motifs is 1. The molecule has 0 saturated carbocycles. The number of thiophene rings is 1. The lowest BCUT2D eigenvalue weighted by atomic mass is 9.84. The third kappa shape index (κ3) is 3.28. The lowest BCUT2D eigenvalue weighted by Gasteiger charge is -2.27. The first-order chi connectivity index (χ1) is 14.0. The van der Waals surface area contributed by atoms with Gasteiger partial charge in [-0.25, -0.2) is 0 Å². The molecule has 0 unspecified atom stereocenters. The molecule has 1 atom stereocenters. The quantitative estimate of drug-likeness (QED) is 0.718. The predicted octanol–water partition coefficient (Wildman–Crippen LogP) is 3.49. The molecule has 4 rings (SSSR count). The molecule has 2 N–H and O–H groups in total. The van der Waals surface area contributed by atoms with Gasteiger partial charge < -0.3 is 19.8 Å². The summed E-state index contributed by atoms with van der Waals surface area (Å²) in [5.74, 6) is 0.510. The van der Waals surface area contributed by atoms with Crippen molar-refractivity contribution in [3.63, 3.8) is 0 Å². The largest absolute Gasteiger partial charge is 0.497 e. The Hall–Kier alpha value is -3.50. The van der Waals surface area contributed by atoms with Crippen LogP contribution in [-0.2, 0) is 6.54 Å². The van der Waals surface area contributed by atoms with Crippen molar-refractivity contribution in [3.8, 4) is 17.6 Å². The van der Waals surface area contributed by atoms with E-state index in [1.807, 2.05) is 42.6 Å². The summed E-state index contributed by atoms with van der Waals surface area (Å²) in [6.45, 7) is 2.33. The van der Waals surface area contributed by atoms with Crippen molar-refractivity contribution >= 4 is 11.3 Å². The van der Waals surface area contributed by atoms with Gasteiger partial charge in [0.05, 0.1) is 25.1 Å². The van der Waals surface area contributed by atoms with E-state index < -0.39 is 5.92 Å². The summed E-state index contributed by atoms with van der Waals surface area (Å²) in [6, 6.07) is 15.2. The maximum absolute atomic E-state index is 13.5. The molecule has 0 radical (unpaired) electrons. The number of hydrogen-bond acceptors (Lipinski definition) is 6. The standard InChI is InChI=1S/C22H19N3O3S/c1-13-10-18-20(22(26)25(13)12-16-4-3-9-29-16)19(17(11-23)21(24)28-18)14-5-7-15(27-2)8-6-14/h3-10,19H,12,24H2,1-2H3/t19-/m1/s1. The molecule has 6 nitrogen and oxygen atoms in total. The van der Waals surface area contributed by atoms with Gasteiger partial charge in [-0.1, -0.05) is 18.2 Å². The molecule has 1 aromatic carbocycles. The molecule has 0 bridgehead atoms. The maximum atomic E-state index is 13.5.